The van der Waals surface area contributed by atoms with Gasteiger partial charge in [-0.05, 0) is 37.1 Å². The molecule has 2 nitrogen and oxygen atoms in total. The van der Waals surface area contributed by atoms with Crippen molar-refractivity contribution in [3.8, 4) is 0 Å². The van der Waals surface area contributed by atoms with Gasteiger partial charge in [0.15, 0.2) is 0 Å². The molecule has 0 bridgehead atoms. The highest BCUT2D eigenvalue weighted by Gasteiger charge is 2.16. The minimum atomic E-state index is -0.557. The minimum absolute atomic E-state index is 0.182. The second-order valence-electron chi connectivity index (χ2n) is 4.51. The summed E-state index contributed by atoms with van der Waals surface area (Å²) < 4.78 is 31.8. The number of benzene rings is 1. The van der Waals surface area contributed by atoms with E-state index in [0.717, 1.165) is 24.6 Å². The smallest absolute Gasteiger partial charge is 0.130 e. The highest BCUT2D eigenvalue weighted by Crippen LogP contribution is 2.22. The Hall–Kier alpha value is -1.68. The summed E-state index contributed by atoms with van der Waals surface area (Å²) >= 11 is 0. The first-order chi connectivity index (χ1) is 9.20. The van der Waals surface area contributed by atoms with E-state index in [1.807, 2.05) is 13.0 Å². The van der Waals surface area contributed by atoms with E-state index in [1.165, 1.54) is 12.1 Å². The van der Waals surface area contributed by atoms with Gasteiger partial charge in [0, 0.05) is 17.7 Å². The van der Waals surface area contributed by atoms with E-state index in [4.69, 9.17) is 4.42 Å². The number of nitrogens with one attached hydrogen (secondary N) is 1. The quantitative estimate of drug-likeness (QED) is 0.858. The van der Waals surface area contributed by atoms with Crippen molar-refractivity contribution in [2.24, 2.45) is 0 Å². The molecule has 0 saturated carbocycles. The van der Waals surface area contributed by atoms with Crippen LogP contribution in [0.1, 0.15) is 30.5 Å². The highest BCUT2D eigenvalue weighted by atomic mass is 19.1. The van der Waals surface area contributed by atoms with Crippen molar-refractivity contribution < 1.29 is 13.2 Å². The molecular formula is C15H17F2NO. The lowest BCUT2D eigenvalue weighted by Crippen LogP contribution is -2.25. The summed E-state index contributed by atoms with van der Waals surface area (Å²) in [6.07, 6.45) is 4.79. The van der Waals surface area contributed by atoms with Gasteiger partial charge in [-0.25, -0.2) is 8.78 Å². The summed E-state index contributed by atoms with van der Waals surface area (Å²) in [7, 11) is 0. The topological polar surface area (TPSA) is 25.2 Å². The third-order valence-corrected chi connectivity index (χ3v) is 3.00. The lowest BCUT2D eigenvalue weighted by atomic mass is 9.99. The summed E-state index contributed by atoms with van der Waals surface area (Å²) in [4.78, 5) is 0. The predicted octanol–water partition coefficient (Wildman–Crippen LogP) is 3.84. The lowest BCUT2D eigenvalue weighted by molar-refractivity contribution is 0.487. The van der Waals surface area contributed by atoms with Crippen LogP contribution >= 0.6 is 0 Å². The Morgan fingerprint density at radius 3 is 2.74 bits per heavy atom. The normalized spacial score (nSPS) is 12.6. The predicted molar refractivity (Wildman–Crippen MR) is 69.8 cm³/mol. The maximum Gasteiger partial charge on any atom is 0.130 e. The number of hydrogen-bond acceptors (Lipinski definition) is 2. The second kappa shape index (κ2) is 6.48. The van der Waals surface area contributed by atoms with Crippen LogP contribution in [-0.4, -0.2) is 6.54 Å². The molecule has 1 heterocycles. The van der Waals surface area contributed by atoms with E-state index in [2.05, 4.69) is 5.32 Å². The molecule has 0 fully saturated rings. The Morgan fingerprint density at radius 2 is 2.11 bits per heavy atom. The van der Waals surface area contributed by atoms with Crippen molar-refractivity contribution in [1.82, 2.24) is 5.32 Å². The lowest BCUT2D eigenvalue weighted by Gasteiger charge is -2.19. The van der Waals surface area contributed by atoms with Crippen molar-refractivity contribution >= 4 is 0 Å². The van der Waals surface area contributed by atoms with Crippen LogP contribution in [0.3, 0.4) is 0 Å². The fourth-order valence-electron chi connectivity index (χ4n) is 2.04. The Kier molecular flexibility index (Phi) is 4.68. The summed E-state index contributed by atoms with van der Waals surface area (Å²) in [6.45, 7) is 2.82. The van der Waals surface area contributed by atoms with Gasteiger partial charge in [0.25, 0.3) is 0 Å². The van der Waals surface area contributed by atoms with Gasteiger partial charge < -0.3 is 9.73 Å². The molecule has 1 aromatic carbocycles. The Labute approximate surface area is 111 Å². The summed E-state index contributed by atoms with van der Waals surface area (Å²) in [5.41, 5.74) is 1.47. The van der Waals surface area contributed by atoms with E-state index >= 15 is 0 Å². The summed E-state index contributed by atoms with van der Waals surface area (Å²) in [5.74, 6) is -1.07. The summed E-state index contributed by atoms with van der Waals surface area (Å²) in [6, 6.07) is 5.37. The first-order valence-corrected chi connectivity index (χ1v) is 6.40. The Balaban J connectivity index is 2.20. The fraction of sp³-hybridized carbons (Fsp3) is 0.333. The molecule has 1 aromatic heterocycles. The third-order valence-electron chi connectivity index (χ3n) is 3.00. The average molecular weight is 265 g/mol. The fourth-order valence-corrected chi connectivity index (χ4v) is 2.04. The molecule has 1 atom stereocenters. The zero-order chi connectivity index (χ0) is 13.7. The van der Waals surface area contributed by atoms with Crippen LogP contribution in [0.4, 0.5) is 8.78 Å². The van der Waals surface area contributed by atoms with Gasteiger partial charge in [-0.2, -0.15) is 0 Å². The van der Waals surface area contributed by atoms with E-state index in [9.17, 15) is 8.78 Å². The van der Waals surface area contributed by atoms with E-state index in [-0.39, 0.29) is 6.04 Å². The SMILES string of the molecule is CCCNC(Cc1ccoc1)c1ccc(F)cc1F. The molecule has 19 heavy (non-hydrogen) atoms. The van der Waals surface area contributed by atoms with Crippen molar-refractivity contribution in [1.29, 1.82) is 0 Å². The van der Waals surface area contributed by atoms with Gasteiger partial charge in [0.05, 0.1) is 12.5 Å². The third kappa shape index (κ3) is 3.64. The maximum absolute atomic E-state index is 13.9. The first kappa shape index (κ1) is 13.7. The molecule has 0 aliphatic heterocycles. The van der Waals surface area contributed by atoms with E-state index in [0.29, 0.717) is 12.0 Å². The van der Waals surface area contributed by atoms with Gasteiger partial charge in [-0.15, -0.1) is 0 Å². The number of halogens is 2. The first-order valence-electron chi connectivity index (χ1n) is 6.40. The van der Waals surface area contributed by atoms with Crippen LogP contribution in [0, 0.1) is 11.6 Å². The number of furan rings is 1. The molecule has 1 unspecified atom stereocenters. The van der Waals surface area contributed by atoms with Gasteiger partial charge in [0.1, 0.15) is 11.6 Å². The standard InChI is InChI=1S/C15H17F2NO/c1-2-6-18-15(8-11-5-7-19-10-11)13-4-3-12(16)9-14(13)17/h3-5,7,9-10,15,18H,2,6,8H2,1H3. The maximum atomic E-state index is 13.9. The van der Waals surface area contributed by atoms with Crippen molar-refractivity contribution in [3.63, 3.8) is 0 Å². The number of rotatable bonds is 6. The number of hydrogen-bond donors (Lipinski definition) is 1. The van der Waals surface area contributed by atoms with Crippen LogP contribution in [0.5, 0.6) is 0 Å². The van der Waals surface area contributed by atoms with E-state index in [1.54, 1.807) is 12.5 Å². The van der Waals surface area contributed by atoms with Crippen LogP contribution in [0.15, 0.2) is 41.2 Å². The van der Waals surface area contributed by atoms with Gasteiger partial charge in [-0.1, -0.05) is 13.0 Å². The molecule has 4 heteroatoms. The van der Waals surface area contributed by atoms with Crippen LogP contribution in [0.2, 0.25) is 0 Å². The second-order valence-corrected chi connectivity index (χ2v) is 4.51. The molecule has 0 spiro atoms. The van der Waals surface area contributed by atoms with Crippen LogP contribution in [-0.2, 0) is 6.42 Å². The molecule has 0 saturated heterocycles. The monoisotopic (exact) mass is 265 g/mol. The highest BCUT2D eigenvalue weighted by molar-refractivity contribution is 5.24. The molecule has 102 valence electrons. The Morgan fingerprint density at radius 1 is 1.26 bits per heavy atom. The van der Waals surface area contributed by atoms with Crippen LogP contribution in [0.25, 0.3) is 0 Å². The molecule has 0 radical (unpaired) electrons. The molecule has 2 rings (SSSR count). The molecule has 1 N–H and O–H groups in total. The average Bonchev–Trinajstić information content (AvgIpc) is 2.88. The zero-order valence-corrected chi connectivity index (χ0v) is 10.8. The largest absolute Gasteiger partial charge is 0.472 e. The van der Waals surface area contributed by atoms with E-state index < -0.39 is 11.6 Å². The van der Waals surface area contributed by atoms with Crippen molar-refractivity contribution in [3.05, 3.63) is 59.6 Å². The summed E-state index contributed by atoms with van der Waals surface area (Å²) in [5, 5.41) is 3.28. The van der Waals surface area contributed by atoms with Crippen molar-refractivity contribution in [2.45, 2.75) is 25.8 Å². The Bertz CT molecular complexity index is 511. The molecule has 0 amide bonds. The zero-order valence-electron chi connectivity index (χ0n) is 10.8. The molecule has 0 aliphatic carbocycles. The minimum Gasteiger partial charge on any atom is -0.472 e. The van der Waals surface area contributed by atoms with Gasteiger partial charge in [0.2, 0.25) is 0 Å². The molecule has 2 aromatic rings. The van der Waals surface area contributed by atoms with Crippen LogP contribution < -0.4 is 5.32 Å². The molecular weight excluding hydrogens is 248 g/mol. The van der Waals surface area contributed by atoms with Crippen molar-refractivity contribution in [2.75, 3.05) is 6.54 Å². The molecule has 0 aliphatic rings. The van der Waals surface area contributed by atoms with Gasteiger partial charge in [-0.3, -0.25) is 0 Å². The van der Waals surface area contributed by atoms with Gasteiger partial charge >= 0.3 is 0 Å².